The number of nitrogens with one attached hydrogen (secondary N) is 1. The van der Waals surface area contributed by atoms with Gasteiger partial charge in [-0.15, -0.1) is 11.3 Å². The van der Waals surface area contributed by atoms with Gasteiger partial charge in [0.15, 0.2) is 0 Å². The molecule has 2 atom stereocenters. The lowest BCUT2D eigenvalue weighted by molar-refractivity contribution is 0.0754. The zero-order valence-corrected chi connectivity index (χ0v) is 14.9. The van der Waals surface area contributed by atoms with E-state index in [1.165, 1.54) is 34.8 Å². The molecule has 3 rings (SSSR count). The van der Waals surface area contributed by atoms with Crippen molar-refractivity contribution in [2.24, 2.45) is 0 Å². The summed E-state index contributed by atoms with van der Waals surface area (Å²) in [4.78, 5) is 6.51. The minimum absolute atomic E-state index is 0.180. The van der Waals surface area contributed by atoms with Crippen molar-refractivity contribution in [1.82, 2.24) is 10.3 Å². The summed E-state index contributed by atoms with van der Waals surface area (Å²) < 4.78 is 5.90. The van der Waals surface area contributed by atoms with Gasteiger partial charge < -0.3 is 10.1 Å². The lowest BCUT2D eigenvalue weighted by Gasteiger charge is -2.27. The first-order chi connectivity index (χ1) is 10.0. The van der Waals surface area contributed by atoms with Crippen molar-refractivity contribution in [3.05, 3.63) is 15.6 Å². The maximum Gasteiger partial charge on any atom is 0.123 e. The molecular formula is C16H26N2OS2. The van der Waals surface area contributed by atoms with Crippen LogP contribution in [0, 0.1) is 0 Å². The second-order valence-electron chi connectivity index (χ2n) is 7.01. The Bertz CT molecular complexity index is 475. The molecule has 1 saturated heterocycles. The third kappa shape index (κ3) is 4.01. The molecule has 0 spiro atoms. The van der Waals surface area contributed by atoms with Gasteiger partial charge >= 0.3 is 0 Å². The summed E-state index contributed by atoms with van der Waals surface area (Å²) in [7, 11) is 0. The van der Waals surface area contributed by atoms with E-state index in [4.69, 9.17) is 9.72 Å². The Kier molecular flexibility index (Phi) is 4.94. The van der Waals surface area contributed by atoms with Crippen molar-refractivity contribution in [1.29, 1.82) is 0 Å². The number of hydrogen-bond donors (Lipinski definition) is 1. The number of aromatic nitrogens is 1. The van der Waals surface area contributed by atoms with Crippen molar-refractivity contribution < 1.29 is 4.74 Å². The molecule has 0 bridgehead atoms. The van der Waals surface area contributed by atoms with Gasteiger partial charge in [0.1, 0.15) is 11.1 Å². The Morgan fingerprint density at radius 2 is 2.24 bits per heavy atom. The number of thiazole rings is 1. The highest BCUT2D eigenvalue weighted by Crippen LogP contribution is 2.38. The molecule has 3 nitrogen and oxygen atoms in total. The normalized spacial score (nSPS) is 26.6. The van der Waals surface area contributed by atoms with Gasteiger partial charge in [0, 0.05) is 34.4 Å². The van der Waals surface area contributed by atoms with E-state index in [-0.39, 0.29) is 11.6 Å². The molecular weight excluding hydrogens is 300 g/mol. The van der Waals surface area contributed by atoms with Gasteiger partial charge in [0.25, 0.3) is 0 Å². The van der Waals surface area contributed by atoms with E-state index < -0.39 is 0 Å². The molecule has 2 heterocycles. The van der Waals surface area contributed by atoms with Crippen molar-refractivity contribution >= 4 is 23.1 Å². The van der Waals surface area contributed by atoms with E-state index in [0.29, 0.717) is 5.92 Å². The highest BCUT2D eigenvalue weighted by molar-refractivity contribution is 7.99. The van der Waals surface area contributed by atoms with E-state index in [1.807, 2.05) is 23.1 Å². The average Bonchev–Trinajstić information content (AvgIpc) is 2.89. The molecule has 0 aromatic carbocycles. The van der Waals surface area contributed by atoms with Crippen LogP contribution in [0.4, 0.5) is 0 Å². The summed E-state index contributed by atoms with van der Waals surface area (Å²) in [6.07, 6.45) is 4.00. The second-order valence-corrected chi connectivity index (χ2v) is 9.28. The van der Waals surface area contributed by atoms with E-state index >= 15 is 0 Å². The van der Waals surface area contributed by atoms with Crippen LogP contribution in [0.2, 0.25) is 0 Å². The molecule has 1 aliphatic heterocycles. The molecule has 1 aliphatic carbocycles. The number of thioether (sulfide) groups is 1. The number of ether oxygens (including phenoxy) is 1. The first kappa shape index (κ1) is 15.8. The minimum Gasteiger partial charge on any atom is -0.369 e. The van der Waals surface area contributed by atoms with Crippen LogP contribution in [0.5, 0.6) is 0 Å². The molecule has 0 amide bonds. The van der Waals surface area contributed by atoms with Crippen LogP contribution in [-0.2, 0) is 11.2 Å². The molecule has 1 aromatic heterocycles. The molecule has 2 aliphatic rings. The predicted octanol–water partition coefficient (Wildman–Crippen LogP) is 3.76. The molecule has 0 saturated carbocycles. The van der Waals surface area contributed by atoms with E-state index in [0.717, 1.165) is 24.7 Å². The zero-order valence-electron chi connectivity index (χ0n) is 13.3. The van der Waals surface area contributed by atoms with Crippen LogP contribution >= 0.6 is 23.1 Å². The molecule has 21 heavy (non-hydrogen) atoms. The topological polar surface area (TPSA) is 34.1 Å². The molecule has 5 heteroatoms. The van der Waals surface area contributed by atoms with Gasteiger partial charge in [-0.05, 0) is 40.0 Å². The summed E-state index contributed by atoms with van der Waals surface area (Å²) >= 11 is 3.89. The Hall–Kier alpha value is -0.100. The summed E-state index contributed by atoms with van der Waals surface area (Å²) in [6, 6.07) is 0. The molecule has 1 N–H and O–H groups in total. The lowest BCUT2D eigenvalue weighted by Crippen LogP contribution is -2.39. The summed E-state index contributed by atoms with van der Waals surface area (Å²) in [5, 5.41) is 4.87. The summed E-state index contributed by atoms with van der Waals surface area (Å²) in [6.45, 7) is 8.61. The van der Waals surface area contributed by atoms with E-state index in [1.54, 1.807) is 0 Å². The fraction of sp³-hybridized carbons (Fsp3) is 0.812. The van der Waals surface area contributed by atoms with Crippen LogP contribution in [0.1, 0.15) is 61.2 Å². The standard InChI is InChI=1S/C16H26N2OS2/c1-16(2,3)17-9-11-5-4-6-13-14(11)18-15(21-13)12-10-20-8-7-19-12/h11-12,17H,4-10H2,1-3H3. The van der Waals surface area contributed by atoms with Gasteiger partial charge in [-0.1, -0.05) is 0 Å². The van der Waals surface area contributed by atoms with Crippen LogP contribution in [0.25, 0.3) is 0 Å². The smallest absolute Gasteiger partial charge is 0.123 e. The van der Waals surface area contributed by atoms with Crippen LogP contribution in [-0.4, -0.2) is 35.2 Å². The van der Waals surface area contributed by atoms with Crippen LogP contribution in [0.3, 0.4) is 0 Å². The van der Waals surface area contributed by atoms with Gasteiger partial charge in [0.2, 0.25) is 0 Å². The van der Waals surface area contributed by atoms with Gasteiger partial charge in [0.05, 0.1) is 12.3 Å². The Labute approximate surface area is 136 Å². The average molecular weight is 327 g/mol. The lowest BCUT2D eigenvalue weighted by atomic mass is 9.90. The Balaban J connectivity index is 1.73. The number of nitrogens with zero attached hydrogens (tertiary/aromatic N) is 1. The summed E-state index contributed by atoms with van der Waals surface area (Å²) in [5.74, 6) is 2.77. The number of fused-ring (bicyclic) bond motifs is 1. The quantitative estimate of drug-likeness (QED) is 0.917. The highest BCUT2D eigenvalue weighted by Gasteiger charge is 2.28. The minimum atomic E-state index is 0.180. The Morgan fingerprint density at radius 3 is 2.95 bits per heavy atom. The fourth-order valence-corrected chi connectivity index (χ4v) is 5.12. The van der Waals surface area contributed by atoms with Crippen LogP contribution < -0.4 is 5.32 Å². The monoisotopic (exact) mass is 326 g/mol. The molecule has 1 aromatic rings. The SMILES string of the molecule is CC(C)(C)NCC1CCCc2sc(C3CSCCO3)nc21. The number of hydrogen-bond acceptors (Lipinski definition) is 5. The van der Waals surface area contributed by atoms with Gasteiger partial charge in [-0.25, -0.2) is 4.98 Å². The van der Waals surface area contributed by atoms with E-state index in [9.17, 15) is 0 Å². The zero-order chi connectivity index (χ0) is 14.9. The molecule has 0 radical (unpaired) electrons. The maximum absolute atomic E-state index is 5.90. The van der Waals surface area contributed by atoms with Crippen molar-refractivity contribution in [2.75, 3.05) is 24.7 Å². The largest absolute Gasteiger partial charge is 0.369 e. The summed E-state index contributed by atoms with van der Waals surface area (Å²) in [5.41, 5.74) is 1.54. The van der Waals surface area contributed by atoms with Crippen molar-refractivity contribution in [2.45, 2.75) is 57.6 Å². The third-order valence-electron chi connectivity index (χ3n) is 4.06. The number of rotatable bonds is 3. The van der Waals surface area contributed by atoms with Crippen molar-refractivity contribution in [3.8, 4) is 0 Å². The highest BCUT2D eigenvalue weighted by atomic mass is 32.2. The third-order valence-corrected chi connectivity index (χ3v) is 6.27. The molecule has 118 valence electrons. The second kappa shape index (κ2) is 6.57. The Morgan fingerprint density at radius 1 is 1.38 bits per heavy atom. The maximum atomic E-state index is 5.90. The molecule has 2 unspecified atom stereocenters. The van der Waals surface area contributed by atoms with Crippen molar-refractivity contribution in [3.63, 3.8) is 0 Å². The number of aryl methyl sites for hydroxylation is 1. The van der Waals surface area contributed by atoms with Crippen LogP contribution in [0.15, 0.2) is 0 Å². The van der Waals surface area contributed by atoms with Gasteiger partial charge in [-0.2, -0.15) is 11.8 Å². The molecule has 1 fully saturated rings. The van der Waals surface area contributed by atoms with E-state index in [2.05, 4.69) is 26.1 Å². The first-order valence-electron chi connectivity index (χ1n) is 7.97. The fourth-order valence-electron chi connectivity index (χ4n) is 2.92. The first-order valence-corrected chi connectivity index (χ1v) is 9.94. The van der Waals surface area contributed by atoms with Gasteiger partial charge in [-0.3, -0.25) is 0 Å². The predicted molar refractivity (Wildman–Crippen MR) is 91.6 cm³/mol.